The summed E-state index contributed by atoms with van der Waals surface area (Å²) in [4.78, 5) is 0. The van der Waals surface area contributed by atoms with Crippen molar-refractivity contribution in [2.75, 3.05) is 0 Å². The van der Waals surface area contributed by atoms with Crippen molar-refractivity contribution in [1.29, 1.82) is 0 Å². The van der Waals surface area contributed by atoms with Crippen molar-refractivity contribution >= 4 is 61.3 Å². The first-order valence-electron chi connectivity index (χ1n) is 20.7. The van der Waals surface area contributed by atoms with Crippen LogP contribution in [0, 0.1) is 0 Å². The summed E-state index contributed by atoms with van der Waals surface area (Å²) < 4.78 is 7.77. The van der Waals surface area contributed by atoms with Crippen molar-refractivity contribution < 1.29 is 0 Å². The van der Waals surface area contributed by atoms with Gasteiger partial charge in [-0.25, -0.2) is 0 Å². The largest absolute Gasteiger partial charge is 0.331 e. The number of rotatable bonds is 5. The molecule has 3 heteroatoms. The molecule has 6 aromatic carbocycles. The summed E-state index contributed by atoms with van der Waals surface area (Å²) in [5, 5.41) is 5.11. The Bertz CT molecular complexity index is 3240. The van der Waals surface area contributed by atoms with Crippen LogP contribution in [0.15, 0.2) is 182 Å². The predicted molar refractivity (Wildman–Crippen MR) is 245 cm³/mol. The molecule has 3 nitrogen and oxygen atoms in total. The molecule has 3 aromatic heterocycles. The van der Waals surface area contributed by atoms with E-state index in [1.165, 1.54) is 94.1 Å². The van der Waals surface area contributed by atoms with Crippen molar-refractivity contribution in [3.63, 3.8) is 0 Å². The highest BCUT2D eigenvalue weighted by Gasteiger charge is 2.32. The molecule has 0 bridgehead atoms. The standard InChI is InChI=1S/C55H41N3/c1-3-17-37(18-4-1)38-19-13-20-39(35-38)40-21-14-22-41(36-40)56-48-30-10-9-26-44(48)46-27-16-34-53(54(46)56)58-51-29-6-2-5-23-45(51)47-28-15-33-52(55(47)58)57-49-31-11-7-24-42(49)43-25-8-12-32-50(43)57/h2-3,5-22,24-32,34-36,52H,1,4,23,33H2. The third-order valence-corrected chi connectivity index (χ3v) is 12.6. The Morgan fingerprint density at radius 2 is 1.19 bits per heavy atom. The first-order valence-corrected chi connectivity index (χ1v) is 20.7. The maximum absolute atomic E-state index is 2.63. The van der Waals surface area contributed by atoms with E-state index in [0.717, 1.165) is 31.4 Å². The van der Waals surface area contributed by atoms with Gasteiger partial charge in [-0.3, -0.25) is 0 Å². The summed E-state index contributed by atoms with van der Waals surface area (Å²) >= 11 is 0. The number of hydrogen-bond donors (Lipinski definition) is 0. The van der Waals surface area contributed by atoms with E-state index >= 15 is 0 Å². The first-order chi connectivity index (χ1) is 28.8. The minimum Gasteiger partial charge on any atom is -0.331 e. The fourth-order valence-corrected chi connectivity index (χ4v) is 10.2. The number of benzene rings is 6. The fraction of sp³-hybridized carbons (Fsp3) is 0.0909. The zero-order valence-electron chi connectivity index (χ0n) is 32.2. The normalized spacial score (nSPS) is 16.0. The topological polar surface area (TPSA) is 14.8 Å². The molecule has 12 rings (SSSR count). The van der Waals surface area contributed by atoms with E-state index in [0.29, 0.717) is 0 Å². The molecule has 3 heterocycles. The van der Waals surface area contributed by atoms with Crippen LogP contribution in [-0.4, -0.2) is 13.7 Å². The first kappa shape index (κ1) is 33.1. The molecular formula is C55H41N3. The van der Waals surface area contributed by atoms with Crippen LogP contribution in [-0.2, 0) is 6.42 Å². The van der Waals surface area contributed by atoms with Crippen LogP contribution in [0.25, 0.3) is 83.8 Å². The number of aromatic nitrogens is 3. The Kier molecular flexibility index (Phi) is 7.56. The summed E-state index contributed by atoms with van der Waals surface area (Å²) in [5.41, 5.74) is 17.7. The fourth-order valence-electron chi connectivity index (χ4n) is 10.2. The minimum atomic E-state index is 0.0897. The van der Waals surface area contributed by atoms with E-state index in [1.54, 1.807) is 0 Å². The average Bonchev–Trinajstić information content (AvgIpc) is 3.84. The van der Waals surface area contributed by atoms with Gasteiger partial charge in [0.1, 0.15) is 0 Å². The van der Waals surface area contributed by atoms with Crippen molar-refractivity contribution in [2.24, 2.45) is 0 Å². The molecule has 0 amide bonds. The highest BCUT2D eigenvalue weighted by Crippen LogP contribution is 2.46. The maximum atomic E-state index is 2.63. The zero-order valence-corrected chi connectivity index (χ0v) is 32.2. The molecule has 276 valence electrons. The number of allylic oxidation sites excluding steroid dienone is 8. The Labute approximate surface area is 338 Å². The molecule has 0 aliphatic heterocycles. The molecule has 0 saturated heterocycles. The van der Waals surface area contributed by atoms with E-state index in [-0.39, 0.29) is 6.04 Å². The average molecular weight is 744 g/mol. The molecule has 0 fully saturated rings. The molecule has 0 spiro atoms. The third kappa shape index (κ3) is 4.99. The van der Waals surface area contributed by atoms with Gasteiger partial charge < -0.3 is 13.7 Å². The van der Waals surface area contributed by atoms with Gasteiger partial charge in [-0.1, -0.05) is 146 Å². The van der Waals surface area contributed by atoms with Crippen molar-refractivity contribution in [1.82, 2.24) is 13.7 Å². The summed E-state index contributed by atoms with van der Waals surface area (Å²) in [6.07, 6.45) is 24.8. The molecule has 0 radical (unpaired) electrons. The maximum Gasteiger partial charge on any atom is 0.0787 e. The number of hydrogen-bond acceptors (Lipinski definition) is 0. The van der Waals surface area contributed by atoms with Gasteiger partial charge >= 0.3 is 0 Å². The summed E-state index contributed by atoms with van der Waals surface area (Å²) in [6.45, 7) is 0. The van der Waals surface area contributed by atoms with Gasteiger partial charge in [0.25, 0.3) is 0 Å². The second kappa shape index (κ2) is 13.2. The molecule has 58 heavy (non-hydrogen) atoms. The van der Waals surface area contributed by atoms with Crippen LogP contribution < -0.4 is 0 Å². The van der Waals surface area contributed by atoms with Crippen molar-refractivity contribution in [3.05, 3.63) is 210 Å². The van der Waals surface area contributed by atoms with Crippen molar-refractivity contribution in [2.45, 2.75) is 31.7 Å². The Hall–Kier alpha value is -7.10. The van der Waals surface area contributed by atoms with E-state index in [2.05, 4.69) is 208 Å². The highest BCUT2D eigenvalue weighted by molar-refractivity contribution is 6.12. The highest BCUT2D eigenvalue weighted by atomic mass is 15.1. The monoisotopic (exact) mass is 743 g/mol. The lowest BCUT2D eigenvalue weighted by molar-refractivity contribution is 0.594. The molecular weight excluding hydrogens is 703 g/mol. The molecule has 1 unspecified atom stereocenters. The van der Waals surface area contributed by atoms with Crippen LogP contribution >= 0.6 is 0 Å². The van der Waals surface area contributed by atoms with E-state index in [1.807, 2.05) is 0 Å². The van der Waals surface area contributed by atoms with E-state index in [9.17, 15) is 0 Å². The summed E-state index contributed by atoms with van der Waals surface area (Å²) in [6, 6.07) is 52.0. The van der Waals surface area contributed by atoms with Gasteiger partial charge in [0.05, 0.1) is 34.2 Å². The minimum absolute atomic E-state index is 0.0897. The van der Waals surface area contributed by atoms with Gasteiger partial charge in [-0.05, 0) is 102 Å². The lowest BCUT2D eigenvalue weighted by atomic mass is 9.95. The summed E-state index contributed by atoms with van der Waals surface area (Å²) in [5.74, 6) is 0. The zero-order chi connectivity index (χ0) is 38.2. The van der Waals surface area contributed by atoms with Gasteiger partial charge in [-0.15, -0.1) is 0 Å². The molecule has 1 atom stereocenters. The van der Waals surface area contributed by atoms with Crippen LogP contribution in [0.3, 0.4) is 0 Å². The molecule has 0 N–H and O–H groups in total. The number of fused-ring (bicyclic) bond motifs is 9. The Morgan fingerprint density at radius 3 is 1.98 bits per heavy atom. The van der Waals surface area contributed by atoms with Crippen molar-refractivity contribution in [3.8, 4) is 22.5 Å². The smallest absolute Gasteiger partial charge is 0.0787 e. The predicted octanol–water partition coefficient (Wildman–Crippen LogP) is 14.2. The van der Waals surface area contributed by atoms with Gasteiger partial charge in [0.15, 0.2) is 0 Å². The lowest BCUT2D eigenvalue weighted by Gasteiger charge is -2.27. The Morgan fingerprint density at radius 1 is 0.500 bits per heavy atom. The van der Waals surface area contributed by atoms with Gasteiger partial charge in [-0.2, -0.15) is 0 Å². The van der Waals surface area contributed by atoms with Crippen LogP contribution in [0.2, 0.25) is 0 Å². The second-order valence-electron chi connectivity index (χ2n) is 15.8. The molecule has 3 aliphatic rings. The van der Waals surface area contributed by atoms with Crippen LogP contribution in [0.5, 0.6) is 0 Å². The van der Waals surface area contributed by atoms with Gasteiger partial charge in [0.2, 0.25) is 0 Å². The van der Waals surface area contributed by atoms with E-state index < -0.39 is 0 Å². The van der Waals surface area contributed by atoms with E-state index in [4.69, 9.17) is 0 Å². The molecule has 0 saturated carbocycles. The number of nitrogens with zero attached hydrogens (tertiary/aromatic N) is 3. The molecule has 9 aromatic rings. The van der Waals surface area contributed by atoms with Crippen LogP contribution in [0.4, 0.5) is 0 Å². The SMILES string of the molecule is C1=CCc2c3c(n(-c4cccc5c6ccccc6n(-c6cccc(-c7cccc(C8=CCCC=C8)c7)c6)c45)c2C=C1)C(n1c2ccccc2c2ccccc21)CC=C3. The second-order valence-corrected chi connectivity index (χ2v) is 15.8. The quantitative estimate of drug-likeness (QED) is 0.167. The summed E-state index contributed by atoms with van der Waals surface area (Å²) in [7, 11) is 0. The van der Waals surface area contributed by atoms with Crippen LogP contribution in [0.1, 0.15) is 53.4 Å². The lowest BCUT2D eigenvalue weighted by Crippen LogP contribution is -2.18. The third-order valence-electron chi connectivity index (χ3n) is 12.6. The van der Waals surface area contributed by atoms with Gasteiger partial charge in [0, 0.05) is 43.8 Å². The number of para-hydroxylation sites is 4. The molecule has 3 aliphatic carbocycles. The Balaban J connectivity index is 1.13.